The van der Waals surface area contributed by atoms with Gasteiger partial charge >= 0.3 is 0 Å². The highest BCUT2D eigenvalue weighted by Crippen LogP contribution is 2.27. The maximum absolute atomic E-state index is 11.3. The minimum Gasteiger partial charge on any atom is -0.369 e. The van der Waals surface area contributed by atoms with E-state index in [2.05, 4.69) is 10.4 Å². The van der Waals surface area contributed by atoms with Crippen LogP contribution in [0.3, 0.4) is 0 Å². The third-order valence-electron chi connectivity index (χ3n) is 2.88. The van der Waals surface area contributed by atoms with Crippen LogP contribution < -0.4 is 11.1 Å². The van der Waals surface area contributed by atoms with Gasteiger partial charge in [0.25, 0.3) is 0 Å². The fraction of sp³-hybridized carbons (Fsp3) is 0.600. The van der Waals surface area contributed by atoms with Crippen LogP contribution in [0.2, 0.25) is 0 Å². The molecule has 2 unspecified atom stereocenters. The Hall–Kier alpha value is -1.36. The third-order valence-corrected chi connectivity index (χ3v) is 2.88. The number of piperidine rings is 1. The van der Waals surface area contributed by atoms with E-state index < -0.39 is 0 Å². The average Bonchev–Trinajstić information content (AvgIpc) is 2.65. The fourth-order valence-corrected chi connectivity index (χ4v) is 2.10. The van der Waals surface area contributed by atoms with E-state index in [1.165, 1.54) is 0 Å². The first kappa shape index (κ1) is 10.2. The van der Waals surface area contributed by atoms with Gasteiger partial charge in [-0.25, -0.2) is 0 Å². The van der Waals surface area contributed by atoms with Crippen LogP contribution in [-0.4, -0.2) is 22.2 Å². The molecule has 1 aromatic rings. The molecule has 0 spiro atoms. The van der Waals surface area contributed by atoms with Gasteiger partial charge in [-0.05, 0) is 25.5 Å². The van der Waals surface area contributed by atoms with Gasteiger partial charge in [0.05, 0.1) is 17.7 Å². The van der Waals surface area contributed by atoms with E-state index in [1.54, 1.807) is 4.68 Å². The lowest BCUT2D eigenvalue weighted by Gasteiger charge is -2.29. The van der Waals surface area contributed by atoms with Crippen molar-refractivity contribution in [2.75, 3.05) is 6.54 Å². The van der Waals surface area contributed by atoms with Gasteiger partial charge in [-0.15, -0.1) is 0 Å². The summed E-state index contributed by atoms with van der Waals surface area (Å²) < 4.78 is 1.74. The van der Waals surface area contributed by atoms with Crippen molar-refractivity contribution in [2.45, 2.75) is 18.9 Å². The number of aryl methyl sites for hydroxylation is 1. The van der Waals surface area contributed by atoms with Crippen LogP contribution in [0.4, 0.5) is 0 Å². The number of nitrogens with two attached hydrogens (primary N) is 1. The van der Waals surface area contributed by atoms with Gasteiger partial charge in [0.2, 0.25) is 5.91 Å². The molecule has 1 aliphatic rings. The Kier molecular flexibility index (Phi) is 2.73. The number of primary amides is 1. The first-order chi connectivity index (χ1) is 7.18. The normalized spacial score (nSPS) is 26.5. The quantitative estimate of drug-likeness (QED) is 0.715. The second-order valence-electron chi connectivity index (χ2n) is 4.00. The highest BCUT2D eigenvalue weighted by molar-refractivity contribution is 5.77. The molecule has 82 valence electrons. The molecule has 5 heteroatoms. The Bertz CT molecular complexity index is 360. The van der Waals surface area contributed by atoms with Crippen LogP contribution in [-0.2, 0) is 11.8 Å². The van der Waals surface area contributed by atoms with E-state index >= 15 is 0 Å². The van der Waals surface area contributed by atoms with E-state index in [0.717, 1.165) is 25.1 Å². The largest absolute Gasteiger partial charge is 0.369 e. The van der Waals surface area contributed by atoms with E-state index in [1.807, 2.05) is 19.3 Å². The summed E-state index contributed by atoms with van der Waals surface area (Å²) in [5, 5.41) is 7.62. The smallest absolute Gasteiger partial charge is 0.222 e. The zero-order valence-corrected chi connectivity index (χ0v) is 8.81. The average molecular weight is 208 g/mol. The minimum absolute atomic E-state index is 0.0163. The van der Waals surface area contributed by atoms with E-state index in [4.69, 9.17) is 5.73 Å². The lowest BCUT2D eigenvalue weighted by atomic mass is 9.88. The number of hydrogen-bond acceptors (Lipinski definition) is 3. The molecule has 1 fully saturated rings. The second kappa shape index (κ2) is 4.02. The van der Waals surface area contributed by atoms with Crippen molar-refractivity contribution in [3.8, 4) is 0 Å². The predicted molar refractivity (Wildman–Crippen MR) is 55.9 cm³/mol. The third kappa shape index (κ3) is 2.02. The van der Waals surface area contributed by atoms with Crippen LogP contribution in [0, 0.1) is 5.92 Å². The van der Waals surface area contributed by atoms with Gasteiger partial charge in [0.15, 0.2) is 0 Å². The molecule has 3 N–H and O–H groups in total. The van der Waals surface area contributed by atoms with Crippen molar-refractivity contribution in [1.29, 1.82) is 0 Å². The van der Waals surface area contributed by atoms with Gasteiger partial charge in [-0.1, -0.05) is 0 Å². The molecule has 0 aromatic carbocycles. The highest BCUT2D eigenvalue weighted by Gasteiger charge is 2.31. The molecule has 0 bridgehead atoms. The molecule has 2 rings (SSSR count). The van der Waals surface area contributed by atoms with Crippen molar-refractivity contribution >= 4 is 5.91 Å². The van der Waals surface area contributed by atoms with Crippen LogP contribution in [0.15, 0.2) is 12.3 Å². The topological polar surface area (TPSA) is 72.9 Å². The lowest BCUT2D eigenvalue weighted by Crippen LogP contribution is -2.41. The molecular weight excluding hydrogens is 192 g/mol. The van der Waals surface area contributed by atoms with Crippen molar-refractivity contribution in [3.63, 3.8) is 0 Å². The molecular formula is C10H16N4O. The first-order valence-electron chi connectivity index (χ1n) is 5.20. The summed E-state index contributed by atoms with van der Waals surface area (Å²) in [6, 6.07) is 1.91. The van der Waals surface area contributed by atoms with Gasteiger partial charge in [-0.3, -0.25) is 9.48 Å². The zero-order chi connectivity index (χ0) is 10.8. The summed E-state index contributed by atoms with van der Waals surface area (Å²) in [5.41, 5.74) is 6.29. The predicted octanol–water partition coefficient (Wildman–Crippen LogP) is -0.0539. The maximum atomic E-state index is 11.3. The van der Waals surface area contributed by atoms with E-state index in [-0.39, 0.29) is 17.9 Å². The Morgan fingerprint density at radius 3 is 3.13 bits per heavy atom. The Morgan fingerprint density at radius 1 is 1.73 bits per heavy atom. The standard InChI is InChI=1S/C10H16N4O/c1-14-6-4-8(13-14)9-7(10(11)15)3-2-5-12-9/h4,6-7,9,12H,2-3,5H2,1H3,(H2,11,15). The number of rotatable bonds is 2. The number of aromatic nitrogens is 2. The molecule has 0 aliphatic carbocycles. The minimum atomic E-state index is -0.238. The van der Waals surface area contributed by atoms with Gasteiger partial charge in [0, 0.05) is 13.2 Å². The molecule has 1 aliphatic heterocycles. The maximum Gasteiger partial charge on any atom is 0.222 e. The van der Waals surface area contributed by atoms with Crippen LogP contribution >= 0.6 is 0 Å². The number of nitrogens with zero attached hydrogens (tertiary/aromatic N) is 2. The molecule has 2 atom stereocenters. The highest BCUT2D eigenvalue weighted by atomic mass is 16.1. The summed E-state index contributed by atoms with van der Waals surface area (Å²) in [5.74, 6) is -0.369. The Morgan fingerprint density at radius 2 is 2.53 bits per heavy atom. The summed E-state index contributed by atoms with van der Waals surface area (Å²) in [4.78, 5) is 11.3. The van der Waals surface area contributed by atoms with Crippen LogP contribution in [0.1, 0.15) is 24.6 Å². The van der Waals surface area contributed by atoms with Crippen LogP contribution in [0.5, 0.6) is 0 Å². The molecule has 2 heterocycles. The molecule has 0 saturated carbocycles. The van der Waals surface area contributed by atoms with Crippen molar-refractivity contribution < 1.29 is 4.79 Å². The number of hydrogen-bond donors (Lipinski definition) is 2. The number of amides is 1. The molecule has 5 nitrogen and oxygen atoms in total. The fourth-order valence-electron chi connectivity index (χ4n) is 2.10. The summed E-state index contributed by atoms with van der Waals surface area (Å²) in [6.07, 6.45) is 3.73. The first-order valence-corrected chi connectivity index (χ1v) is 5.20. The number of carbonyl (C=O) groups is 1. The van der Waals surface area contributed by atoms with E-state index in [9.17, 15) is 4.79 Å². The monoisotopic (exact) mass is 208 g/mol. The Balaban J connectivity index is 2.21. The van der Waals surface area contributed by atoms with Crippen molar-refractivity contribution in [1.82, 2.24) is 15.1 Å². The van der Waals surface area contributed by atoms with Crippen LogP contribution in [0.25, 0.3) is 0 Å². The summed E-state index contributed by atoms with van der Waals surface area (Å²) in [7, 11) is 1.87. The Labute approximate surface area is 88.6 Å². The van der Waals surface area contributed by atoms with Gasteiger partial charge in [0.1, 0.15) is 0 Å². The second-order valence-corrected chi connectivity index (χ2v) is 4.00. The number of carbonyl (C=O) groups excluding carboxylic acids is 1. The summed E-state index contributed by atoms with van der Waals surface area (Å²) in [6.45, 7) is 0.922. The zero-order valence-electron chi connectivity index (χ0n) is 8.81. The molecule has 1 aromatic heterocycles. The molecule has 1 saturated heterocycles. The number of nitrogens with one attached hydrogen (secondary N) is 1. The lowest BCUT2D eigenvalue weighted by molar-refractivity contribution is -0.123. The van der Waals surface area contributed by atoms with Crippen molar-refractivity contribution in [3.05, 3.63) is 18.0 Å². The van der Waals surface area contributed by atoms with E-state index in [0.29, 0.717) is 0 Å². The molecule has 0 radical (unpaired) electrons. The van der Waals surface area contributed by atoms with Gasteiger partial charge in [-0.2, -0.15) is 5.10 Å². The SMILES string of the molecule is Cn1ccc(C2NCCCC2C(N)=O)n1. The summed E-state index contributed by atoms with van der Waals surface area (Å²) >= 11 is 0. The molecule has 1 amide bonds. The van der Waals surface area contributed by atoms with Crippen molar-refractivity contribution in [2.24, 2.45) is 18.7 Å². The molecule has 15 heavy (non-hydrogen) atoms. The van der Waals surface area contributed by atoms with Gasteiger partial charge < -0.3 is 11.1 Å².